The molecule has 1 saturated carbocycles. The van der Waals surface area contributed by atoms with Gasteiger partial charge < -0.3 is 0 Å². The molecule has 108 valence electrons. The molecule has 0 radical (unpaired) electrons. The third kappa shape index (κ3) is 3.72. The molecule has 1 atom stereocenters. The molecule has 1 aliphatic rings. The van der Waals surface area contributed by atoms with E-state index in [0.717, 1.165) is 25.7 Å². The Balaban J connectivity index is 1.96. The smallest absolute Gasteiger partial charge is 0.269 e. The fraction of sp³-hybridized carbons (Fsp3) is 0.500. The monoisotopic (exact) mass is 295 g/mol. The van der Waals surface area contributed by atoms with Crippen LogP contribution in [-0.2, 0) is 15.6 Å². The van der Waals surface area contributed by atoms with Gasteiger partial charge in [-0.25, -0.2) is 0 Å². The van der Waals surface area contributed by atoms with Crippen molar-refractivity contribution in [3.8, 4) is 0 Å². The highest BCUT2D eigenvalue weighted by molar-refractivity contribution is 7.85. The van der Waals surface area contributed by atoms with Gasteiger partial charge in [-0.2, -0.15) is 0 Å². The molecule has 1 aromatic carbocycles. The van der Waals surface area contributed by atoms with E-state index < -0.39 is 15.7 Å². The summed E-state index contributed by atoms with van der Waals surface area (Å²) in [4.78, 5) is 22.6. The third-order valence-corrected chi connectivity index (χ3v) is 4.99. The summed E-state index contributed by atoms with van der Waals surface area (Å²) in [5, 5.41) is 10.5. The van der Waals surface area contributed by atoms with Gasteiger partial charge in [0.1, 0.15) is 5.78 Å². The van der Waals surface area contributed by atoms with Crippen LogP contribution in [0.25, 0.3) is 0 Å². The number of carbonyl (C=O) groups is 1. The number of hydrogen-bond donors (Lipinski definition) is 0. The van der Waals surface area contributed by atoms with Crippen LogP contribution >= 0.6 is 0 Å². The fourth-order valence-corrected chi connectivity index (χ4v) is 3.58. The Morgan fingerprint density at radius 1 is 1.20 bits per heavy atom. The molecule has 0 saturated heterocycles. The average molecular weight is 295 g/mol. The quantitative estimate of drug-likeness (QED) is 0.618. The van der Waals surface area contributed by atoms with Crippen LogP contribution in [-0.4, -0.2) is 20.7 Å². The van der Waals surface area contributed by atoms with Crippen molar-refractivity contribution in [2.24, 2.45) is 5.92 Å². The van der Waals surface area contributed by atoms with Gasteiger partial charge in [0.25, 0.3) is 5.69 Å². The first kappa shape index (κ1) is 14.8. The van der Waals surface area contributed by atoms with E-state index in [1.54, 1.807) is 0 Å². The normalized spacial score (nSPS) is 17.6. The first-order valence-electron chi connectivity index (χ1n) is 6.73. The Hall–Kier alpha value is -1.56. The molecule has 0 heterocycles. The van der Waals surface area contributed by atoms with E-state index in [9.17, 15) is 19.1 Å². The maximum absolute atomic E-state index is 12.1. The van der Waals surface area contributed by atoms with Gasteiger partial charge in [-0.1, -0.05) is 19.3 Å². The fourth-order valence-electron chi connectivity index (χ4n) is 2.47. The van der Waals surface area contributed by atoms with Gasteiger partial charge in [0.2, 0.25) is 0 Å². The number of Topliss-reactive ketones (excluding diaryl/α,β-unsaturated/α-hetero) is 1. The molecule has 2 rings (SSSR count). The van der Waals surface area contributed by atoms with Crippen molar-refractivity contribution in [2.75, 3.05) is 5.75 Å². The zero-order chi connectivity index (χ0) is 14.5. The van der Waals surface area contributed by atoms with Crippen LogP contribution in [0.4, 0.5) is 5.69 Å². The number of nitro benzene ring substituents is 1. The predicted molar refractivity (Wildman–Crippen MR) is 76.0 cm³/mol. The number of nitrogens with zero attached hydrogens (tertiary/aromatic N) is 1. The Bertz CT molecular complexity index is 520. The molecule has 1 aromatic rings. The van der Waals surface area contributed by atoms with Crippen LogP contribution < -0.4 is 0 Å². The van der Waals surface area contributed by atoms with E-state index in [1.807, 2.05) is 0 Å². The number of non-ortho nitro benzene ring substituents is 1. The number of benzene rings is 1. The number of hydrogen-bond acceptors (Lipinski definition) is 4. The van der Waals surface area contributed by atoms with Crippen molar-refractivity contribution in [1.82, 2.24) is 0 Å². The largest absolute Gasteiger partial charge is 0.298 e. The number of ketones is 1. The minimum Gasteiger partial charge on any atom is -0.298 e. The zero-order valence-corrected chi connectivity index (χ0v) is 11.9. The predicted octanol–water partition coefficient (Wildman–Crippen LogP) is 2.85. The van der Waals surface area contributed by atoms with E-state index in [-0.39, 0.29) is 23.1 Å². The molecular weight excluding hydrogens is 278 g/mol. The Morgan fingerprint density at radius 3 is 2.35 bits per heavy atom. The van der Waals surface area contributed by atoms with Crippen molar-refractivity contribution in [3.05, 3.63) is 34.4 Å². The molecule has 0 amide bonds. The zero-order valence-electron chi connectivity index (χ0n) is 11.1. The highest BCUT2D eigenvalue weighted by Crippen LogP contribution is 2.25. The summed E-state index contributed by atoms with van der Waals surface area (Å²) in [5.41, 5.74) is -0.0376. The van der Waals surface area contributed by atoms with Crippen LogP contribution in [0.15, 0.2) is 29.2 Å². The van der Waals surface area contributed by atoms with Gasteiger partial charge in [-0.3, -0.25) is 19.1 Å². The SMILES string of the molecule is O=C(CS(=O)c1ccc([N+](=O)[O-])cc1)C1CCCCC1. The van der Waals surface area contributed by atoms with Crippen LogP contribution in [0.2, 0.25) is 0 Å². The molecule has 1 aliphatic carbocycles. The summed E-state index contributed by atoms with van der Waals surface area (Å²) in [5.74, 6) is 0.120. The van der Waals surface area contributed by atoms with Gasteiger partial charge >= 0.3 is 0 Å². The summed E-state index contributed by atoms with van der Waals surface area (Å²) in [6.07, 6.45) is 5.11. The number of nitro groups is 1. The minimum absolute atomic E-state index is 0.0163. The van der Waals surface area contributed by atoms with Crippen LogP contribution in [0, 0.1) is 16.0 Å². The molecule has 1 unspecified atom stereocenters. The lowest BCUT2D eigenvalue weighted by Gasteiger charge is -2.19. The second-order valence-electron chi connectivity index (χ2n) is 5.04. The van der Waals surface area contributed by atoms with Gasteiger partial charge in [0.05, 0.1) is 21.5 Å². The first-order valence-corrected chi connectivity index (χ1v) is 8.05. The summed E-state index contributed by atoms with van der Waals surface area (Å²) >= 11 is 0. The summed E-state index contributed by atoms with van der Waals surface area (Å²) in [7, 11) is -1.41. The van der Waals surface area contributed by atoms with Gasteiger partial charge in [0.15, 0.2) is 0 Å². The maximum atomic E-state index is 12.1. The van der Waals surface area contributed by atoms with Crippen molar-refractivity contribution < 1.29 is 13.9 Å². The molecule has 0 bridgehead atoms. The van der Waals surface area contributed by atoms with E-state index in [2.05, 4.69) is 0 Å². The summed E-state index contributed by atoms with van der Waals surface area (Å²) in [6, 6.07) is 5.56. The second-order valence-corrected chi connectivity index (χ2v) is 6.49. The maximum Gasteiger partial charge on any atom is 0.269 e. The highest BCUT2D eigenvalue weighted by Gasteiger charge is 2.23. The topological polar surface area (TPSA) is 77.3 Å². The van der Waals surface area contributed by atoms with Crippen molar-refractivity contribution in [2.45, 2.75) is 37.0 Å². The van der Waals surface area contributed by atoms with E-state index in [4.69, 9.17) is 0 Å². The van der Waals surface area contributed by atoms with E-state index >= 15 is 0 Å². The molecule has 5 nitrogen and oxygen atoms in total. The second kappa shape index (κ2) is 6.74. The summed E-state index contributed by atoms with van der Waals surface area (Å²) < 4.78 is 12.1. The lowest BCUT2D eigenvalue weighted by molar-refractivity contribution is -0.384. The van der Waals surface area contributed by atoms with E-state index in [1.165, 1.54) is 30.7 Å². The van der Waals surface area contributed by atoms with Crippen molar-refractivity contribution in [3.63, 3.8) is 0 Å². The van der Waals surface area contributed by atoms with Crippen molar-refractivity contribution in [1.29, 1.82) is 0 Å². The first-order chi connectivity index (χ1) is 9.58. The Morgan fingerprint density at radius 2 is 1.80 bits per heavy atom. The Labute approximate surface area is 120 Å². The molecular formula is C14H17NO4S. The van der Waals surface area contributed by atoms with Gasteiger partial charge in [-0.15, -0.1) is 0 Å². The molecule has 0 N–H and O–H groups in total. The average Bonchev–Trinajstić information content (AvgIpc) is 2.48. The van der Waals surface area contributed by atoms with Crippen LogP contribution in [0.1, 0.15) is 32.1 Å². The van der Waals surface area contributed by atoms with Gasteiger partial charge in [0, 0.05) is 22.9 Å². The molecule has 0 spiro atoms. The molecule has 6 heteroatoms. The molecule has 1 fully saturated rings. The van der Waals surface area contributed by atoms with Gasteiger partial charge in [-0.05, 0) is 25.0 Å². The molecule has 0 aliphatic heterocycles. The third-order valence-electron chi connectivity index (χ3n) is 3.64. The lowest BCUT2D eigenvalue weighted by Crippen LogP contribution is -2.23. The number of rotatable bonds is 5. The van der Waals surface area contributed by atoms with Crippen molar-refractivity contribution >= 4 is 22.3 Å². The van der Waals surface area contributed by atoms with Crippen LogP contribution in [0.5, 0.6) is 0 Å². The highest BCUT2D eigenvalue weighted by atomic mass is 32.2. The summed E-state index contributed by atoms with van der Waals surface area (Å²) in [6.45, 7) is 0. The Kier molecular flexibility index (Phi) is 5.00. The lowest BCUT2D eigenvalue weighted by atomic mass is 9.87. The molecule has 0 aromatic heterocycles. The number of carbonyl (C=O) groups excluding carboxylic acids is 1. The standard InChI is InChI=1S/C14H17NO4S/c16-14(11-4-2-1-3-5-11)10-20(19)13-8-6-12(7-9-13)15(17)18/h6-9,11H,1-5,10H2. The van der Waals surface area contributed by atoms with E-state index in [0.29, 0.717) is 4.90 Å². The molecule has 20 heavy (non-hydrogen) atoms. The minimum atomic E-state index is -1.41. The van der Waals surface area contributed by atoms with Crippen LogP contribution in [0.3, 0.4) is 0 Å².